The highest BCUT2D eigenvalue weighted by Crippen LogP contribution is 2.33. The molecule has 2 N–H and O–H groups in total. The number of anilines is 1. The number of pyridine rings is 1. The molecule has 1 fully saturated rings. The van der Waals surface area contributed by atoms with Crippen molar-refractivity contribution in [2.24, 2.45) is 0 Å². The predicted molar refractivity (Wildman–Crippen MR) is 138 cm³/mol. The molecule has 7 heteroatoms. The van der Waals surface area contributed by atoms with Crippen LogP contribution in [0.4, 0.5) is 10.1 Å². The average Bonchev–Trinajstić information content (AvgIpc) is 3.46. The highest BCUT2D eigenvalue weighted by molar-refractivity contribution is 5.96. The summed E-state index contributed by atoms with van der Waals surface area (Å²) in [4.78, 5) is 10.4. The Kier molecular flexibility index (Phi) is 5.54. The van der Waals surface area contributed by atoms with Crippen LogP contribution in [0.2, 0.25) is 0 Å². The van der Waals surface area contributed by atoms with Gasteiger partial charge < -0.3 is 15.2 Å². The lowest BCUT2D eigenvalue weighted by Gasteiger charge is -2.29. The lowest BCUT2D eigenvalue weighted by Crippen LogP contribution is -2.43. The van der Waals surface area contributed by atoms with Crippen LogP contribution < -0.4 is 10.2 Å². The Morgan fingerprint density at radius 2 is 1.83 bits per heavy atom. The topological polar surface area (TPSA) is 61.8 Å². The highest BCUT2D eigenvalue weighted by Gasteiger charge is 2.15. The van der Waals surface area contributed by atoms with Crippen molar-refractivity contribution < 1.29 is 4.39 Å². The molecule has 6 nitrogen and oxygen atoms in total. The zero-order valence-electron chi connectivity index (χ0n) is 19.6. The van der Waals surface area contributed by atoms with Gasteiger partial charge in [-0.3, -0.25) is 4.68 Å². The largest absolute Gasteiger partial charge is 0.369 e. The maximum atomic E-state index is 13.6. The van der Waals surface area contributed by atoms with Crippen LogP contribution in [0, 0.1) is 12.7 Å². The summed E-state index contributed by atoms with van der Waals surface area (Å²) < 4.78 is 15.5. The van der Waals surface area contributed by atoms with E-state index in [1.807, 2.05) is 36.3 Å². The van der Waals surface area contributed by atoms with E-state index in [9.17, 15) is 4.39 Å². The number of piperazine rings is 1. The normalized spacial score (nSPS) is 14.1. The molecular weight excluding hydrogens is 439 g/mol. The van der Waals surface area contributed by atoms with Crippen LogP contribution in [0.15, 0.2) is 73.2 Å². The van der Waals surface area contributed by atoms with E-state index in [-0.39, 0.29) is 5.82 Å². The molecule has 1 aliphatic heterocycles. The number of nitrogens with one attached hydrogen (secondary N) is 2. The van der Waals surface area contributed by atoms with Crippen molar-refractivity contribution in [2.75, 3.05) is 31.1 Å². The first kappa shape index (κ1) is 21.6. The number of H-pyrrole nitrogens is 1. The van der Waals surface area contributed by atoms with Gasteiger partial charge in [0.05, 0.1) is 12.2 Å². The van der Waals surface area contributed by atoms with Crippen LogP contribution in [0.5, 0.6) is 0 Å². The van der Waals surface area contributed by atoms with Crippen LogP contribution in [0.25, 0.3) is 33.3 Å². The van der Waals surface area contributed by atoms with Crippen LogP contribution in [-0.4, -0.2) is 45.9 Å². The number of nitrogens with zero attached hydrogens (tertiary/aromatic N) is 4. The van der Waals surface area contributed by atoms with E-state index in [0.717, 1.165) is 70.7 Å². The second-order valence-corrected chi connectivity index (χ2v) is 9.07. The van der Waals surface area contributed by atoms with Crippen LogP contribution >= 0.6 is 0 Å². The zero-order chi connectivity index (χ0) is 23.8. The van der Waals surface area contributed by atoms with Crippen molar-refractivity contribution in [3.05, 3.63) is 90.3 Å². The van der Waals surface area contributed by atoms with Gasteiger partial charge in [-0.25, -0.2) is 9.37 Å². The van der Waals surface area contributed by atoms with Gasteiger partial charge in [-0.05, 0) is 48.4 Å². The molecule has 35 heavy (non-hydrogen) atoms. The summed E-state index contributed by atoms with van der Waals surface area (Å²) in [6.07, 6.45) is 5.95. The Labute approximate surface area is 203 Å². The highest BCUT2D eigenvalue weighted by atomic mass is 19.1. The standard InChI is InChI=1S/C28H27FN6/c1-19-27(18-35(33-19)17-20-4-2-6-23(29)12-20)26-16-32-28-25(26)14-22(15-31-28)21-5-3-7-24(13-21)34-10-8-30-9-11-34/h2-7,12-16,18,30H,8-11,17H2,1H3,(H,31,32). The predicted octanol–water partition coefficient (Wildman–Crippen LogP) is 5.00. The average molecular weight is 467 g/mol. The number of benzene rings is 2. The molecular formula is C28H27FN6. The first-order valence-corrected chi connectivity index (χ1v) is 12.0. The van der Waals surface area contributed by atoms with Gasteiger partial charge in [0.2, 0.25) is 0 Å². The number of aryl methyl sites for hydroxylation is 1. The van der Waals surface area contributed by atoms with Gasteiger partial charge >= 0.3 is 0 Å². The maximum Gasteiger partial charge on any atom is 0.137 e. The third-order valence-electron chi connectivity index (χ3n) is 6.66. The fraction of sp³-hybridized carbons (Fsp3) is 0.214. The maximum absolute atomic E-state index is 13.6. The summed E-state index contributed by atoms with van der Waals surface area (Å²) in [5, 5.41) is 9.16. The van der Waals surface area contributed by atoms with Crippen molar-refractivity contribution in [1.82, 2.24) is 25.1 Å². The van der Waals surface area contributed by atoms with Crippen molar-refractivity contribution in [1.29, 1.82) is 0 Å². The molecule has 5 aromatic rings. The summed E-state index contributed by atoms with van der Waals surface area (Å²) in [7, 11) is 0. The van der Waals surface area contributed by atoms with E-state index in [1.54, 1.807) is 12.1 Å². The zero-order valence-corrected chi connectivity index (χ0v) is 19.6. The molecule has 0 bridgehead atoms. The summed E-state index contributed by atoms with van der Waals surface area (Å²) in [6, 6.07) is 17.5. The molecule has 0 amide bonds. The Morgan fingerprint density at radius 1 is 0.971 bits per heavy atom. The van der Waals surface area contributed by atoms with Gasteiger partial charge in [0.1, 0.15) is 11.5 Å². The first-order chi connectivity index (χ1) is 17.1. The number of hydrogen-bond acceptors (Lipinski definition) is 4. The van der Waals surface area contributed by atoms with Crippen LogP contribution in [0.1, 0.15) is 11.3 Å². The quantitative estimate of drug-likeness (QED) is 0.383. The fourth-order valence-corrected chi connectivity index (χ4v) is 4.87. The summed E-state index contributed by atoms with van der Waals surface area (Å²) in [6.45, 7) is 6.57. The summed E-state index contributed by atoms with van der Waals surface area (Å²) >= 11 is 0. The molecule has 0 atom stereocenters. The van der Waals surface area contributed by atoms with E-state index in [1.165, 1.54) is 11.8 Å². The van der Waals surface area contributed by atoms with Gasteiger partial charge in [-0.15, -0.1) is 0 Å². The number of rotatable bonds is 5. The van der Waals surface area contributed by atoms with Crippen LogP contribution in [0.3, 0.4) is 0 Å². The molecule has 0 unspecified atom stereocenters. The van der Waals surface area contributed by atoms with Gasteiger partial charge in [-0.1, -0.05) is 24.3 Å². The number of fused-ring (bicyclic) bond motifs is 1. The minimum atomic E-state index is -0.233. The second-order valence-electron chi connectivity index (χ2n) is 9.07. The molecule has 2 aromatic carbocycles. The Balaban J connectivity index is 1.34. The van der Waals surface area contributed by atoms with Gasteiger partial charge in [0.15, 0.2) is 0 Å². The van der Waals surface area contributed by atoms with E-state index >= 15 is 0 Å². The van der Waals surface area contributed by atoms with Gasteiger partial charge in [-0.2, -0.15) is 5.10 Å². The Morgan fingerprint density at radius 3 is 2.69 bits per heavy atom. The third-order valence-corrected chi connectivity index (χ3v) is 6.66. The minimum Gasteiger partial charge on any atom is -0.369 e. The fourth-order valence-electron chi connectivity index (χ4n) is 4.87. The van der Waals surface area contributed by atoms with Crippen molar-refractivity contribution >= 4 is 16.7 Å². The Hall–Kier alpha value is -3.97. The van der Waals surface area contributed by atoms with Gasteiger partial charge in [0, 0.05) is 72.5 Å². The monoisotopic (exact) mass is 466 g/mol. The second kappa shape index (κ2) is 9.00. The molecule has 4 heterocycles. The SMILES string of the molecule is Cc1nn(Cc2cccc(F)c2)cc1-c1c[nH]c2ncc(-c3cccc(N4CCNCC4)c3)cc12. The minimum absolute atomic E-state index is 0.233. The number of aromatic amines is 1. The van der Waals surface area contributed by atoms with Crippen LogP contribution in [-0.2, 0) is 6.54 Å². The molecule has 1 aliphatic rings. The van der Waals surface area contributed by atoms with E-state index < -0.39 is 0 Å². The van der Waals surface area contributed by atoms with Crippen molar-refractivity contribution in [2.45, 2.75) is 13.5 Å². The summed E-state index contributed by atoms with van der Waals surface area (Å²) in [5.41, 5.74) is 8.24. The number of halogens is 1. The molecule has 0 aliphatic carbocycles. The Bertz CT molecular complexity index is 1490. The van der Waals surface area contributed by atoms with Crippen molar-refractivity contribution in [3.63, 3.8) is 0 Å². The smallest absolute Gasteiger partial charge is 0.137 e. The van der Waals surface area contributed by atoms with Gasteiger partial charge in [0.25, 0.3) is 0 Å². The lowest BCUT2D eigenvalue weighted by molar-refractivity contribution is 0.589. The van der Waals surface area contributed by atoms with E-state index in [4.69, 9.17) is 10.1 Å². The van der Waals surface area contributed by atoms with Crippen molar-refractivity contribution in [3.8, 4) is 22.3 Å². The van der Waals surface area contributed by atoms with E-state index in [0.29, 0.717) is 6.54 Å². The summed E-state index contributed by atoms with van der Waals surface area (Å²) in [5.74, 6) is -0.233. The molecule has 1 saturated heterocycles. The number of hydrogen-bond donors (Lipinski definition) is 2. The molecule has 0 saturated carbocycles. The third kappa shape index (κ3) is 4.31. The molecule has 3 aromatic heterocycles. The molecule has 6 rings (SSSR count). The molecule has 0 radical (unpaired) electrons. The van der Waals surface area contributed by atoms with E-state index in [2.05, 4.69) is 45.5 Å². The lowest BCUT2D eigenvalue weighted by atomic mass is 10.0. The first-order valence-electron chi connectivity index (χ1n) is 12.0. The molecule has 176 valence electrons. The molecule has 0 spiro atoms. The number of aromatic nitrogens is 4.